The molecule has 0 aromatic carbocycles. The Morgan fingerprint density at radius 1 is 1.45 bits per heavy atom. The van der Waals surface area contributed by atoms with E-state index in [1.807, 2.05) is 6.92 Å². The number of aromatic nitrogens is 2. The van der Waals surface area contributed by atoms with Gasteiger partial charge in [0.05, 0.1) is 12.8 Å². The Kier molecular flexibility index (Phi) is 3.89. The van der Waals surface area contributed by atoms with Crippen LogP contribution in [-0.4, -0.2) is 38.3 Å². The first-order valence-corrected chi connectivity index (χ1v) is 6.30. The molecule has 7 nitrogen and oxygen atoms in total. The molecule has 1 N–H and O–H groups in total. The van der Waals surface area contributed by atoms with Gasteiger partial charge in [-0.25, -0.2) is 0 Å². The van der Waals surface area contributed by atoms with Crippen LogP contribution in [0.2, 0.25) is 0 Å². The van der Waals surface area contributed by atoms with Crippen LogP contribution in [0.15, 0.2) is 27.2 Å². The molecule has 108 valence electrons. The zero-order valence-electron chi connectivity index (χ0n) is 11.7. The Hall–Kier alpha value is -2.15. The van der Waals surface area contributed by atoms with Gasteiger partial charge in [0.1, 0.15) is 5.54 Å². The first-order chi connectivity index (χ1) is 9.45. The van der Waals surface area contributed by atoms with Gasteiger partial charge in [-0.05, 0) is 32.5 Å². The molecule has 0 aliphatic heterocycles. The highest BCUT2D eigenvalue weighted by atomic mass is 16.4. The van der Waals surface area contributed by atoms with E-state index in [-0.39, 0.29) is 12.4 Å². The minimum Gasteiger partial charge on any atom is -0.480 e. The first-order valence-electron chi connectivity index (χ1n) is 6.30. The number of hydrogen-bond acceptors (Lipinski definition) is 6. The maximum atomic E-state index is 11.3. The molecule has 0 saturated carbocycles. The summed E-state index contributed by atoms with van der Waals surface area (Å²) in [4.78, 5) is 13.0. The molecule has 0 atom stereocenters. The maximum Gasteiger partial charge on any atom is 0.323 e. The monoisotopic (exact) mass is 279 g/mol. The largest absolute Gasteiger partial charge is 0.480 e. The molecular formula is C13H17N3O4. The average Bonchev–Trinajstić information content (AvgIpc) is 3.06. The van der Waals surface area contributed by atoms with Gasteiger partial charge in [-0.1, -0.05) is 6.92 Å². The predicted octanol–water partition coefficient (Wildman–Crippen LogP) is 2.01. The number of likely N-dealkylation sites (N-methyl/N-ethyl adjacent to an activating group) is 1. The van der Waals surface area contributed by atoms with Crippen molar-refractivity contribution < 1.29 is 18.7 Å². The molecule has 2 heterocycles. The second-order valence-corrected chi connectivity index (χ2v) is 4.86. The van der Waals surface area contributed by atoms with Crippen LogP contribution >= 0.6 is 0 Å². The summed E-state index contributed by atoms with van der Waals surface area (Å²) >= 11 is 0. The highest BCUT2D eigenvalue weighted by Crippen LogP contribution is 2.21. The lowest BCUT2D eigenvalue weighted by molar-refractivity contribution is -0.149. The molecule has 0 fully saturated rings. The van der Waals surface area contributed by atoms with E-state index in [1.165, 1.54) is 6.26 Å². The van der Waals surface area contributed by atoms with Crippen LogP contribution in [0.1, 0.15) is 26.7 Å². The number of aliphatic carboxylic acids is 1. The third-order valence-electron chi connectivity index (χ3n) is 3.22. The molecule has 0 radical (unpaired) electrons. The minimum absolute atomic E-state index is 0.267. The lowest BCUT2D eigenvalue weighted by Gasteiger charge is -2.32. The molecule has 0 aliphatic carbocycles. The van der Waals surface area contributed by atoms with Crippen LogP contribution in [0.25, 0.3) is 11.7 Å². The molecule has 0 aliphatic rings. The summed E-state index contributed by atoms with van der Waals surface area (Å²) in [7, 11) is 0. The molecule has 7 heteroatoms. The van der Waals surface area contributed by atoms with E-state index in [4.69, 9.17) is 8.83 Å². The zero-order valence-corrected chi connectivity index (χ0v) is 11.7. The smallest absolute Gasteiger partial charge is 0.323 e. The molecule has 0 spiro atoms. The molecule has 0 saturated heterocycles. The van der Waals surface area contributed by atoms with Gasteiger partial charge in [-0.2, -0.15) is 0 Å². The van der Waals surface area contributed by atoms with Gasteiger partial charge in [0.15, 0.2) is 5.76 Å². The quantitative estimate of drug-likeness (QED) is 0.864. The number of nitrogens with zero attached hydrogens (tertiary/aromatic N) is 3. The van der Waals surface area contributed by atoms with Gasteiger partial charge in [0, 0.05) is 0 Å². The van der Waals surface area contributed by atoms with Gasteiger partial charge >= 0.3 is 5.97 Å². The molecule has 0 amide bonds. The molecule has 0 bridgehead atoms. The fourth-order valence-electron chi connectivity index (χ4n) is 1.82. The highest BCUT2D eigenvalue weighted by Gasteiger charge is 2.34. The molecule has 2 aromatic heterocycles. The third-order valence-corrected chi connectivity index (χ3v) is 3.22. The van der Waals surface area contributed by atoms with Gasteiger partial charge in [0.25, 0.3) is 5.89 Å². The van der Waals surface area contributed by atoms with E-state index in [0.29, 0.717) is 18.2 Å². The Morgan fingerprint density at radius 3 is 2.75 bits per heavy atom. The summed E-state index contributed by atoms with van der Waals surface area (Å²) in [6.45, 7) is 5.99. The van der Waals surface area contributed by atoms with Crippen molar-refractivity contribution in [1.82, 2.24) is 15.1 Å². The molecular weight excluding hydrogens is 262 g/mol. The van der Waals surface area contributed by atoms with Crippen molar-refractivity contribution in [3.63, 3.8) is 0 Å². The Balaban J connectivity index is 2.15. The van der Waals surface area contributed by atoms with E-state index in [1.54, 1.807) is 30.9 Å². The van der Waals surface area contributed by atoms with Gasteiger partial charge in [-0.3, -0.25) is 9.69 Å². The fraction of sp³-hybridized carbons (Fsp3) is 0.462. The summed E-state index contributed by atoms with van der Waals surface area (Å²) in [6.07, 6.45) is 1.52. The summed E-state index contributed by atoms with van der Waals surface area (Å²) in [5.41, 5.74) is -1.01. The van der Waals surface area contributed by atoms with Crippen molar-refractivity contribution in [3.05, 3.63) is 24.3 Å². The van der Waals surface area contributed by atoms with Crippen molar-refractivity contribution in [2.45, 2.75) is 32.9 Å². The fourth-order valence-corrected chi connectivity index (χ4v) is 1.82. The van der Waals surface area contributed by atoms with Crippen LogP contribution in [-0.2, 0) is 11.3 Å². The summed E-state index contributed by atoms with van der Waals surface area (Å²) in [5.74, 6) is 0.233. The summed E-state index contributed by atoms with van der Waals surface area (Å²) < 4.78 is 10.7. The van der Waals surface area contributed by atoms with Crippen LogP contribution in [0.5, 0.6) is 0 Å². The first kappa shape index (κ1) is 14.3. The highest BCUT2D eigenvalue weighted by molar-refractivity contribution is 5.77. The number of hydrogen-bond donors (Lipinski definition) is 1. The minimum atomic E-state index is -1.01. The van der Waals surface area contributed by atoms with E-state index < -0.39 is 11.5 Å². The van der Waals surface area contributed by atoms with Gasteiger partial charge in [-0.15, -0.1) is 10.2 Å². The normalized spacial score (nSPS) is 12.0. The van der Waals surface area contributed by atoms with Crippen molar-refractivity contribution in [1.29, 1.82) is 0 Å². The van der Waals surface area contributed by atoms with Crippen LogP contribution in [0, 0.1) is 0 Å². The van der Waals surface area contributed by atoms with Crippen LogP contribution in [0.4, 0.5) is 0 Å². The van der Waals surface area contributed by atoms with Gasteiger partial charge < -0.3 is 13.9 Å². The summed E-state index contributed by atoms with van der Waals surface area (Å²) in [6, 6.07) is 3.45. The molecule has 20 heavy (non-hydrogen) atoms. The number of carbonyl (C=O) groups is 1. The number of carboxylic acids is 1. The second-order valence-electron chi connectivity index (χ2n) is 4.86. The SMILES string of the molecule is CCN(Cc1nnc(-c2ccco2)o1)C(C)(C)C(=O)O. The predicted molar refractivity (Wildman–Crippen MR) is 69.8 cm³/mol. The van der Waals surface area contributed by atoms with E-state index in [0.717, 1.165) is 0 Å². The van der Waals surface area contributed by atoms with E-state index in [2.05, 4.69) is 10.2 Å². The topological polar surface area (TPSA) is 92.6 Å². The zero-order chi connectivity index (χ0) is 14.8. The molecule has 0 unspecified atom stereocenters. The van der Waals surface area contributed by atoms with Crippen molar-refractivity contribution >= 4 is 5.97 Å². The molecule has 2 aromatic rings. The van der Waals surface area contributed by atoms with Gasteiger partial charge in [0.2, 0.25) is 5.89 Å². The summed E-state index contributed by atoms with van der Waals surface area (Å²) in [5, 5.41) is 17.1. The van der Waals surface area contributed by atoms with Crippen LogP contribution < -0.4 is 0 Å². The second kappa shape index (κ2) is 5.46. The lowest BCUT2D eigenvalue weighted by Crippen LogP contribution is -2.49. The number of carboxylic acid groups (broad SMARTS) is 1. The van der Waals surface area contributed by atoms with Crippen molar-refractivity contribution in [3.8, 4) is 11.7 Å². The number of furan rings is 1. The maximum absolute atomic E-state index is 11.3. The Bertz CT molecular complexity index is 574. The number of rotatable bonds is 6. The van der Waals surface area contributed by atoms with Crippen molar-refractivity contribution in [2.24, 2.45) is 0 Å². The molecule has 2 rings (SSSR count). The van der Waals surface area contributed by atoms with E-state index >= 15 is 0 Å². The lowest BCUT2D eigenvalue weighted by atomic mass is 10.0. The van der Waals surface area contributed by atoms with Crippen molar-refractivity contribution in [2.75, 3.05) is 6.54 Å². The van der Waals surface area contributed by atoms with E-state index in [9.17, 15) is 9.90 Å². The van der Waals surface area contributed by atoms with Crippen LogP contribution in [0.3, 0.4) is 0 Å². The Morgan fingerprint density at radius 2 is 2.20 bits per heavy atom. The average molecular weight is 279 g/mol. The standard InChI is InChI=1S/C13H17N3O4/c1-4-16(13(2,3)12(17)18)8-10-14-15-11(20-10)9-6-5-7-19-9/h5-7H,4,8H2,1-3H3,(H,17,18). The Labute approximate surface area is 116 Å². The third kappa shape index (κ3) is 2.72.